The zero-order chi connectivity index (χ0) is 11.8. The van der Waals surface area contributed by atoms with Crippen molar-refractivity contribution < 1.29 is 9.53 Å². The predicted molar refractivity (Wildman–Crippen MR) is 66.8 cm³/mol. The summed E-state index contributed by atoms with van der Waals surface area (Å²) in [6, 6.07) is 4.16. The molecule has 90 valence electrons. The van der Waals surface area contributed by atoms with Gasteiger partial charge in [-0.3, -0.25) is 4.79 Å². The van der Waals surface area contributed by atoms with Crippen LogP contribution in [0.5, 0.6) is 5.75 Å². The van der Waals surface area contributed by atoms with E-state index in [9.17, 15) is 4.79 Å². The number of carbonyl (C=O) groups is 1. The number of aryl methyl sites for hydroxylation is 1. The minimum atomic E-state index is -0.0736. The van der Waals surface area contributed by atoms with Crippen molar-refractivity contribution in [3.05, 3.63) is 17.7 Å². The molecule has 2 aliphatic heterocycles. The van der Waals surface area contributed by atoms with Gasteiger partial charge in [-0.1, -0.05) is 0 Å². The van der Waals surface area contributed by atoms with Gasteiger partial charge in [0.15, 0.2) is 6.61 Å². The van der Waals surface area contributed by atoms with E-state index >= 15 is 0 Å². The van der Waals surface area contributed by atoms with Gasteiger partial charge in [-0.2, -0.15) is 0 Å². The summed E-state index contributed by atoms with van der Waals surface area (Å²) in [6.07, 6.45) is 2.50. The second-order valence-electron chi connectivity index (χ2n) is 4.67. The number of hydrogen-bond acceptors (Lipinski definition) is 3. The maximum atomic E-state index is 11.3. The summed E-state index contributed by atoms with van der Waals surface area (Å²) >= 11 is 0. The SMILES string of the molecule is Cc1cc(N2CCCC2)cc2c1OCC(=O)N2. The first-order chi connectivity index (χ1) is 8.24. The summed E-state index contributed by atoms with van der Waals surface area (Å²) in [5.74, 6) is 0.739. The highest BCUT2D eigenvalue weighted by Gasteiger charge is 2.21. The second kappa shape index (κ2) is 3.95. The lowest BCUT2D eigenvalue weighted by Gasteiger charge is -2.24. The van der Waals surface area contributed by atoms with E-state index in [0.717, 1.165) is 30.1 Å². The van der Waals surface area contributed by atoms with Crippen molar-refractivity contribution in [2.45, 2.75) is 19.8 Å². The molecular formula is C13H16N2O2. The Morgan fingerprint density at radius 1 is 1.29 bits per heavy atom. The van der Waals surface area contributed by atoms with E-state index in [1.54, 1.807) is 0 Å². The van der Waals surface area contributed by atoms with Crippen molar-refractivity contribution in [3.63, 3.8) is 0 Å². The first-order valence-electron chi connectivity index (χ1n) is 6.06. The molecular weight excluding hydrogens is 216 g/mol. The monoisotopic (exact) mass is 232 g/mol. The molecule has 2 heterocycles. The topological polar surface area (TPSA) is 41.6 Å². The van der Waals surface area contributed by atoms with Crippen molar-refractivity contribution in [2.75, 3.05) is 29.9 Å². The largest absolute Gasteiger partial charge is 0.481 e. The fourth-order valence-corrected chi connectivity index (χ4v) is 2.52. The molecule has 0 atom stereocenters. The molecule has 2 aliphatic rings. The lowest BCUT2D eigenvalue weighted by atomic mass is 10.1. The molecule has 0 bridgehead atoms. The third kappa shape index (κ3) is 1.84. The van der Waals surface area contributed by atoms with Crippen LogP contribution in [0.15, 0.2) is 12.1 Å². The standard InChI is InChI=1S/C13H16N2O2/c1-9-6-10(15-4-2-3-5-15)7-11-13(9)17-8-12(16)14-11/h6-7H,2-5,8H2,1H3,(H,14,16). The van der Waals surface area contributed by atoms with Gasteiger partial charge in [-0.15, -0.1) is 0 Å². The molecule has 1 saturated heterocycles. The molecule has 17 heavy (non-hydrogen) atoms. The van der Waals surface area contributed by atoms with E-state index in [2.05, 4.69) is 16.3 Å². The Bertz CT molecular complexity index is 465. The number of anilines is 2. The molecule has 0 aromatic heterocycles. The average molecular weight is 232 g/mol. The van der Waals surface area contributed by atoms with Gasteiger partial charge < -0.3 is 15.0 Å². The van der Waals surface area contributed by atoms with Crippen LogP contribution < -0.4 is 15.0 Å². The van der Waals surface area contributed by atoms with Crippen molar-refractivity contribution in [1.82, 2.24) is 0 Å². The number of benzene rings is 1. The lowest BCUT2D eigenvalue weighted by molar-refractivity contribution is -0.118. The molecule has 1 aromatic carbocycles. The van der Waals surface area contributed by atoms with Crippen LogP contribution in [0.25, 0.3) is 0 Å². The van der Waals surface area contributed by atoms with Crippen molar-refractivity contribution in [1.29, 1.82) is 0 Å². The summed E-state index contributed by atoms with van der Waals surface area (Å²) in [5, 5.41) is 2.87. The Hall–Kier alpha value is -1.71. The zero-order valence-corrected chi connectivity index (χ0v) is 9.95. The minimum Gasteiger partial charge on any atom is -0.481 e. The average Bonchev–Trinajstić information content (AvgIpc) is 2.81. The zero-order valence-electron chi connectivity index (χ0n) is 9.95. The molecule has 1 amide bonds. The number of nitrogens with zero attached hydrogens (tertiary/aromatic N) is 1. The number of fused-ring (bicyclic) bond motifs is 1. The van der Waals surface area contributed by atoms with Crippen LogP contribution in [-0.2, 0) is 4.79 Å². The number of carbonyl (C=O) groups excluding carboxylic acids is 1. The number of hydrogen-bond donors (Lipinski definition) is 1. The smallest absolute Gasteiger partial charge is 0.262 e. The van der Waals surface area contributed by atoms with Crippen LogP contribution in [0.1, 0.15) is 18.4 Å². The Morgan fingerprint density at radius 3 is 2.82 bits per heavy atom. The summed E-state index contributed by atoms with van der Waals surface area (Å²) < 4.78 is 5.45. The quantitative estimate of drug-likeness (QED) is 0.804. The van der Waals surface area contributed by atoms with Gasteiger partial charge in [-0.25, -0.2) is 0 Å². The molecule has 0 aliphatic carbocycles. The van der Waals surface area contributed by atoms with E-state index in [4.69, 9.17) is 4.74 Å². The van der Waals surface area contributed by atoms with Crippen LogP contribution in [0, 0.1) is 6.92 Å². The molecule has 4 nitrogen and oxygen atoms in total. The maximum absolute atomic E-state index is 11.3. The van der Waals surface area contributed by atoms with E-state index in [-0.39, 0.29) is 12.5 Å². The second-order valence-corrected chi connectivity index (χ2v) is 4.67. The molecule has 1 fully saturated rings. The highest BCUT2D eigenvalue weighted by molar-refractivity contribution is 5.96. The van der Waals surface area contributed by atoms with Gasteiger partial charge in [0, 0.05) is 18.8 Å². The van der Waals surface area contributed by atoms with Crippen LogP contribution in [0.4, 0.5) is 11.4 Å². The minimum absolute atomic E-state index is 0.0736. The first kappa shape index (κ1) is 10.4. The van der Waals surface area contributed by atoms with Gasteiger partial charge in [0.05, 0.1) is 5.69 Å². The van der Waals surface area contributed by atoms with Crippen molar-refractivity contribution in [2.24, 2.45) is 0 Å². The van der Waals surface area contributed by atoms with Crippen LogP contribution in [-0.4, -0.2) is 25.6 Å². The summed E-state index contributed by atoms with van der Waals surface area (Å²) in [5.41, 5.74) is 3.08. The molecule has 3 rings (SSSR count). The Morgan fingerprint density at radius 2 is 2.06 bits per heavy atom. The van der Waals surface area contributed by atoms with Crippen molar-refractivity contribution >= 4 is 17.3 Å². The lowest BCUT2D eigenvalue weighted by Crippen LogP contribution is -2.26. The number of ether oxygens (including phenoxy) is 1. The fourth-order valence-electron chi connectivity index (χ4n) is 2.52. The highest BCUT2D eigenvalue weighted by atomic mass is 16.5. The third-order valence-electron chi connectivity index (χ3n) is 3.35. The van der Waals surface area contributed by atoms with E-state index in [1.165, 1.54) is 18.5 Å². The molecule has 0 unspecified atom stereocenters. The van der Waals surface area contributed by atoms with Gasteiger partial charge in [0.2, 0.25) is 0 Å². The fraction of sp³-hybridized carbons (Fsp3) is 0.462. The molecule has 1 aromatic rings. The first-order valence-corrected chi connectivity index (χ1v) is 6.06. The predicted octanol–water partition coefficient (Wildman–Crippen LogP) is 1.93. The van der Waals surface area contributed by atoms with Gasteiger partial charge >= 0.3 is 0 Å². The normalized spacial score (nSPS) is 18.6. The van der Waals surface area contributed by atoms with E-state index in [0.29, 0.717) is 0 Å². The summed E-state index contributed by atoms with van der Waals surface area (Å²) in [4.78, 5) is 13.7. The Kier molecular flexibility index (Phi) is 2.42. The molecule has 0 radical (unpaired) electrons. The van der Waals surface area contributed by atoms with E-state index < -0.39 is 0 Å². The Labute approximate surface area is 101 Å². The van der Waals surface area contributed by atoms with Crippen molar-refractivity contribution in [3.8, 4) is 5.75 Å². The molecule has 0 saturated carbocycles. The highest BCUT2D eigenvalue weighted by Crippen LogP contribution is 2.36. The maximum Gasteiger partial charge on any atom is 0.262 e. The Balaban J connectivity index is 1.99. The third-order valence-corrected chi connectivity index (χ3v) is 3.35. The van der Waals surface area contributed by atoms with Crippen LogP contribution >= 0.6 is 0 Å². The number of nitrogens with one attached hydrogen (secondary N) is 1. The van der Waals surface area contributed by atoms with E-state index in [1.807, 2.05) is 13.0 Å². The molecule has 0 spiro atoms. The number of amides is 1. The van der Waals surface area contributed by atoms with Crippen LogP contribution in [0.2, 0.25) is 0 Å². The van der Waals surface area contributed by atoms with Crippen LogP contribution in [0.3, 0.4) is 0 Å². The van der Waals surface area contributed by atoms with Gasteiger partial charge in [0.25, 0.3) is 5.91 Å². The summed E-state index contributed by atoms with van der Waals surface area (Å²) in [6.45, 7) is 4.35. The number of rotatable bonds is 1. The molecule has 4 heteroatoms. The van der Waals surface area contributed by atoms with Gasteiger partial charge in [0.1, 0.15) is 5.75 Å². The molecule has 1 N–H and O–H groups in total. The van der Waals surface area contributed by atoms with Gasteiger partial charge in [-0.05, 0) is 37.5 Å². The summed E-state index contributed by atoms with van der Waals surface area (Å²) in [7, 11) is 0.